The molecule has 1 amide bonds. The summed E-state index contributed by atoms with van der Waals surface area (Å²) in [4.78, 5) is 16.3. The fraction of sp³-hybridized carbons (Fsp3) is 0.500. The zero-order valence-corrected chi connectivity index (χ0v) is 12.0. The number of nitrogens with one attached hydrogen (secondary N) is 1. The van der Waals surface area contributed by atoms with Crippen molar-refractivity contribution in [3.05, 3.63) is 30.6 Å². The van der Waals surface area contributed by atoms with Gasteiger partial charge in [-0.2, -0.15) is 0 Å². The average molecular weight is 287 g/mol. The Morgan fingerprint density at radius 1 is 1.33 bits per heavy atom. The number of nitrogens with zero attached hydrogens (tertiary/aromatic N) is 2. The minimum atomic E-state index is -0.392. The number of hydrogen-bond acceptors (Lipinski definition) is 3. The molecule has 2 N–H and O–H groups in total. The highest BCUT2D eigenvalue weighted by Gasteiger charge is 2.24. The Bertz CT molecular complexity index is 623. The molecular formula is C16H21N3O2. The zero-order chi connectivity index (χ0) is 14.7. The molecule has 1 aromatic carbocycles. The van der Waals surface area contributed by atoms with E-state index in [1.165, 1.54) is 0 Å². The van der Waals surface area contributed by atoms with Gasteiger partial charge in [-0.25, -0.2) is 4.98 Å². The molecule has 112 valence electrons. The first kappa shape index (κ1) is 14.1. The number of imidazole rings is 1. The van der Waals surface area contributed by atoms with Crippen LogP contribution < -0.4 is 5.32 Å². The molecule has 1 saturated carbocycles. The Morgan fingerprint density at radius 2 is 2.14 bits per heavy atom. The van der Waals surface area contributed by atoms with Crippen molar-refractivity contribution in [2.75, 3.05) is 0 Å². The van der Waals surface area contributed by atoms with E-state index in [4.69, 9.17) is 0 Å². The molecule has 5 nitrogen and oxygen atoms in total. The SMILES string of the molecule is O=C(CCn1cnc2ccccc21)N[C@@H]1CCCC[C@H]1O. The van der Waals surface area contributed by atoms with Crippen LogP contribution in [0.3, 0.4) is 0 Å². The lowest BCUT2D eigenvalue weighted by molar-refractivity contribution is -0.123. The van der Waals surface area contributed by atoms with Crippen LogP contribution in [0.2, 0.25) is 0 Å². The summed E-state index contributed by atoms with van der Waals surface area (Å²) in [6.07, 6.45) is 5.58. The standard InChI is InChI=1S/C16H21N3O2/c20-15-8-4-2-6-13(15)18-16(21)9-10-19-11-17-12-5-1-3-7-14(12)19/h1,3,5,7,11,13,15,20H,2,4,6,8-10H2,(H,18,21)/t13-,15-/m1/s1. The third kappa shape index (κ3) is 3.24. The topological polar surface area (TPSA) is 67.2 Å². The number of carbonyl (C=O) groups excluding carboxylic acids is 1. The summed E-state index contributed by atoms with van der Waals surface area (Å²) in [6.45, 7) is 0.606. The second kappa shape index (κ2) is 6.26. The molecule has 0 spiro atoms. The third-order valence-corrected chi connectivity index (χ3v) is 4.18. The molecule has 2 aromatic rings. The molecule has 0 bridgehead atoms. The van der Waals surface area contributed by atoms with Crippen LogP contribution in [0.15, 0.2) is 30.6 Å². The Hall–Kier alpha value is -1.88. The Balaban J connectivity index is 1.56. The molecule has 5 heteroatoms. The summed E-state index contributed by atoms with van der Waals surface area (Å²) in [6, 6.07) is 7.82. The summed E-state index contributed by atoms with van der Waals surface area (Å²) in [7, 11) is 0. The summed E-state index contributed by atoms with van der Waals surface area (Å²) >= 11 is 0. The number of para-hydroxylation sites is 2. The molecule has 1 heterocycles. The largest absolute Gasteiger partial charge is 0.391 e. The highest BCUT2D eigenvalue weighted by molar-refractivity contribution is 5.77. The van der Waals surface area contributed by atoms with Crippen LogP contribution in [0.5, 0.6) is 0 Å². The van der Waals surface area contributed by atoms with Crippen molar-refractivity contribution in [2.45, 2.75) is 50.8 Å². The van der Waals surface area contributed by atoms with Gasteiger partial charge in [0.2, 0.25) is 5.91 Å². The van der Waals surface area contributed by atoms with Crippen LogP contribution in [0.1, 0.15) is 32.1 Å². The van der Waals surface area contributed by atoms with E-state index >= 15 is 0 Å². The van der Waals surface area contributed by atoms with E-state index in [0.717, 1.165) is 36.7 Å². The molecule has 1 aliphatic carbocycles. The van der Waals surface area contributed by atoms with Crippen LogP contribution in [-0.2, 0) is 11.3 Å². The van der Waals surface area contributed by atoms with Crippen molar-refractivity contribution in [2.24, 2.45) is 0 Å². The van der Waals surface area contributed by atoms with E-state index in [0.29, 0.717) is 13.0 Å². The van der Waals surface area contributed by atoms with E-state index in [2.05, 4.69) is 10.3 Å². The van der Waals surface area contributed by atoms with Gasteiger partial charge < -0.3 is 15.0 Å². The van der Waals surface area contributed by atoms with Crippen molar-refractivity contribution >= 4 is 16.9 Å². The summed E-state index contributed by atoms with van der Waals surface area (Å²) in [5.74, 6) is -0.00117. The lowest BCUT2D eigenvalue weighted by Crippen LogP contribution is -2.45. The number of benzene rings is 1. The molecule has 0 saturated heterocycles. The van der Waals surface area contributed by atoms with E-state index in [1.54, 1.807) is 6.33 Å². The first-order valence-electron chi connectivity index (χ1n) is 7.61. The van der Waals surface area contributed by atoms with Gasteiger partial charge in [0.1, 0.15) is 0 Å². The normalized spacial score (nSPS) is 22.3. The number of hydrogen-bond donors (Lipinski definition) is 2. The zero-order valence-electron chi connectivity index (χ0n) is 12.0. The predicted molar refractivity (Wildman–Crippen MR) is 80.8 cm³/mol. The van der Waals surface area contributed by atoms with Crippen molar-refractivity contribution in [3.63, 3.8) is 0 Å². The first-order valence-corrected chi connectivity index (χ1v) is 7.61. The van der Waals surface area contributed by atoms with Gasteiger partial charge in [-0.05, 0) is 25.0 Å². The Kier molecular flexibility index (Phi) is 4.20. The molecule has 1 fully saturated rings. The third-order valence-electron chi connectivity index (χ3n) is 4.18. The van der Waals surface area contributed by atoms with Crippen LogP contribution in [0, 0.1) is 0 Å². The summed E-state index contributed by atoms with van der Waals surface area (Å²) in [5.41, 5.74) is 1.99. The van der Waals surface area contributed by atoms with Crippen molar-refractivity contribution in [1.29, 1.82) is 0 Å². The van der Waals surface area contributed by atoms with Crippen LogP contribution in [0.4, 0.5) is 0 Å². The smallest absolute Gasteiger partial charge is 0.222 e. The Labute approximate surface area is 124 Å². The molecule has 2 atom stereocenters. The molecule has 0 aliphatic heterocycles. The number of aryl methyl sites for hydroxylation is 1. The molecule has 1 aliphatic rings. The van der Waals surface area contributed by atoms with Gasteiger partial charge in [0.25, 0.3) is 0 Å². The molecule has 3 rings (SSSR count). The number of rotatable bonds is 4. The maximum absolute atomic E-state index is 12.0. The predicted octanol–water partition coefficient (Wildman–Crippen LogP) is 1.85. The van der Waals surface area contributed by atoms with Gasteiger partial charge in [-0.15, -0.1) is 0 Å². The fourth-order valence-electron chi connectivity index (χ4n) is 2.97. The van der Waals surface area contributed by atoms with Crippen molar-refractivity contribution in [3.8, 4) is 0 Å². The van der Waals surface area contributed by atoms with Crippen LogP contribution in [-0.4, -0.2) is 32.7 Å². The van der Waals surface area contributed by atoms with E-state index in [-0.39, 0.29) is 11.9 Å². The van der Waals surface area contributed by atoms with Gasteiger partial charge in [-0.1, -0.05) is 25.0 Å². The number of amides is 1. The highest BCUT2D eigenvalue weighted by Crippen LogP contribution is 2.18. The first-order chi connectivity index (χ1) is 10.2. The highest BCUT2D eigenvalue weighted by atomic mass is 16.3. The van der Waals surface area contributed by atoms with Crippen molar-refractivity contribution < 1.29 is 9.90 Å². The quantitative estimate of drug-likeness (QED) is 0.901. The fourth-order valence-corrected chi connectivity index (χ4v) is 2.97. The molecule has 21 heavy (non-hydrogen) atoms. The maximum Gasteiger partial charge on any atom is 0.222 e. The van der Waals surface area contributed by atoms with Gasteiger partial charge in [0.15, 0.2) is 0 Å². The molecular weight excluding hydrogens is 266 g/mol. The number of aromatic nitrogens is 2. The number of aliphatic hydroxyl groups excluding tert-OH is 1. The minimum Gasteiger partial charge on any atom is -0.391 e. The van der Waals surface area contributed by atoms with Crippen LogP contribution >= 0.6 is 0 Å². The number of fused-ring (bicyclic) bond motifs is 1. The lowest BCUT2D eigenvalue weighted by Gasteiger charge is -2.28. The summed E-state index contributed by atoms with van der Waals surface area (Å²) < 4.78 is 1.99. The van der Waals surface area contributed by atoms with Crippen molar-refractivity contribution in [1.82, 2.24) is 14.9 Å². The second-order valence-corrected chi connectivity index (χ2v) is 5.70. The van der Waals surface area contributed by atoms with E-state index in [1.807, 2.05) is 28.8 Å². The minimum absolute atomic E-state index is 0.00117. The number of aliphatic hydroxyl groups is 1. The van der Waals surface area contributed by atoms with Gasteiger partial charge in [0, 0.05) is 13.0 Å². The second-order valence-electron chi connectivity index (χ2n) is 5.70. The monoisotopic (exact) mass is 287 g/mol. The van der Waals surface area contributed by atoms with E-state index < -0.39 is 6.10 Å². The Morgan fingerprint density at radius 3 is 3.00 bits per heavy atom. The molecule has 0 radical (unpaired) electrons. The van der Waals surface area contributed by atoms with Gasteiger partial charge >= 0.3 is 0 Å². The maximum atomic E-state index is 12.0. The molecule has 0 unspecified atom stereocenters. The lowest BCUT2D eigenvalue weighted by atomic mass is 9.92. The average Bonchev–Trinajstić information content (AvgIpc) is 2.91. The van der Waals surface area contributed by atoms with Gasteiger partial charge in [0.05, 0.1) is 29.5 Å². The van der Waals surface area contributed by atoms with Gasteiger partial charge in [-0.3, -0.25) is 4.79 Å². The molecule has 1 aromatic heterocycles. The van der Waals surface area contributed by atoms with Crippen LogP contribution in [0.25, 0.3) is 11.0 Å². The summed E-state index contributed by atoms with van der Waals surface area (Å²) in [5, 5.41) is 12.8. The van der Waals surface area contributed by atoms with E-state index in [9.17, 15) is 9.90 Å². The number of carbonyl (C=O) groups is 1.